The number of fused-ring (bicyclic) bond motifs is 1. The van der Waals surface area contributed by atoms with Crippen LogP contribution in [0.4, 0.5) is 0 Å². The molecule has 0 saturated carbocycles. The third kappa shape index (κ3) is 1.93. The molecule has 2 aromatic rings. The third-order valence-corrected chi connectivity index (χ3v) is 4.05. The van der Waals surface area contributed by atoms with E-state index in [-0.39, 0.29) is 5.91 Å². The van der Waals surface area contributed by atoms with E-state index in [1.807, 2.05) is 41.3 Å². The van der Waals surface area contributed by atoms with Crippen LogP contribution in [0.5, 0.6) is 5.75 Å². The summed E-state index contributed by atoms with van der Waals surface area (Å²) in [5.74, 6) is 1.06. The molecule has 3 heteroatoms. The SMILES string of the molecule is O=C1CCN1C1=C(c2ccccc2)c2ccccc2OC1. The summed E-state index contributed by atoms with van der Waals surface area (Å²) < 4.78 is 5.84. The van der Waals surface area contributed by atoms with Crippen LogP contribution < -0.4 is 4.74 Å². The summed E-state index contributed by atoms with van der Waals surface area (Å²) in [6, 6.07) is 18.2. The highest BCUT2D eigenvalue weighted by atomic mass is 16.5. The van der Waals surface area contributed by atoms with E-state index in [1.54, 1.807) is 0 Å². The minimum atomic E-state index is 0.182. The van der Waals surface area contributed by atoms with E-state index in [2.05, 4.69) is 18.2 Å². The van der Waals surface area contributed by atoms with Gasteiger partial charge in [-0.1, -0.05) is 48.5 Å². The van der Waals surface area contributed by atoms with Crippen LogP contribution in [0.1, 0.15) is 17.5 Å². The van der Waals surface area contributed by atoms with Crippen molar-refractivity contribution in [3.63, 3.8) is 0 Å². The van der Waals surface area contributed by atoms with Crippen molar-refractivity contribution in [3.05, 3.63) is 71.4 Å². The molecule has 0 atom stereocenters. The van der Waals surface area contributed by atoms with Crippen molar-refractivity contribution < 1.29 is 9.53 Å². The average molecular weight is 277 g/mol. The Balaban J connectivity index is 1.93. The fourth-order valence-corrected chi connectivity index (χ4v) is 2.91. The third-order valence-electron chi connectivity index (χ3n) is 4.05. The highest BCUT2D eigenvalue weighted by molar-refractivity contribution is 5.91. The Morgan fingerprint density at radius 2 is 1.71 bits per heavy atom. The standard InChI is InChI=1S/C18H15NO2/c20-17-10-11-19(17)15-12-21-16-9-5-4-8-14(16)18(15)13-6-2-1-3-7-13/h1-9H,10-12H2. The molecule has 0 unspecified atom stereocenters. The Morgan fingerprint density at radius 1 is 0.952 bits per heavy atom. The van der Waals surface area contributed by atoms with Crippen LogP contribution in [-0.2, 0) is 4.79 Å². The number of hydrogen-bond donors (Lipinski definition) is 0. The van der Waals surface area contributed by atoms with Gasteiger partial charge < -0.3 is 9.64 Å². The molecular formula is C18H15NO2. The second-order valence-electron chi connectivity index (χ2n) is 5.27. The Morgan fingerprint density at radius 3 is 2.43 bits per heavy atom. The van der Waals surface area contributed by atoms with Gasteiger partial charge in [0, 0.05) is 24.1 Å². The average Bonchev–Trinajstić information content (AvgIpc) is 2.54. The molecule has 1 saturated heterocycles. The maximum Gasteiger partial charge on any atom is 0.228 e. The summed E-state index contributed by atoms with van der Waals surface area (Å²) in [6.45, 7) is 1.24. The van der Waals surface area contributed by atoms with Crippen molar-refractivity contribution in [2.24, 2.45) is 0 Å². The zero-order valence-corrected chi connectivity index (χ0v) is 11.6. The molecule has 104 valence electrons. The van der Waals surface area contributed by atoms with Gasteiger partial charge in [0.05, 0.1) is 5.70 Å². The first-order valence-corrected chi connectivity index (χ1v) is 7.16. The van der Waals surface area contributed by atoms with Gasteiger partial charge in [-0.3, -0.25) is 4.79 Å². The van der Waals surface area contributed by atoms with Gasteiger partial charge in [-0.2, -0.15) is 0 Å². The largest absolute Gasteiger partial charge is 0.487 e. The lowest BCUT2D eigenvalue weighted by molar-refractivity contribution is -0.137. The number of carbonyl (C=O) groups excluding carboxylic acids is 1. The first kappa shape index (κ1) is 12.2. The number of hydrogen-bond acceptors (Lipinski definition) is 2. The van der Waals surface area contributed by atoms with Gasteiger partial charge in [-0.05, 0) is 11.6 Å². The molecule has 0 bridgehead atoms. The second-order valence-corrected chi connectivity index (χ2v) is 5.27. The number of benzene rings is 2. The fourth-order valence-electron chi connectivity index (χ4n) is 2.91. The maximum atomic E-state index is 11.9. The van der Waals surface area contributed by atoms with Crippen molar-refractivity contribution >= 4 is 11.5 Å². The monoisotopic (exact) mass is 277 g/mol. The number of amides is 1. The van der Waals surface area contributed by atoms with Crippen LogP contribution >= 0.6 is 0 Å². The number of likely N-dealkylation sites (tertiary alicyclic amines) is 1. The van der Waals surface area contributed by atoms with Crippen LogP contribution in [-0.4, -0.2) is 24.0 Å². The zero-order valence-electron chi connectivity index (χ0n) is 11.6. The Kier molecular flexibility index (Phi) is 2.78. The summed E-state index contributed by atoms with van der Waals surface area (Å²) in [5.41, 5.74) is 4.29. The molecule has 21 heavy (non-hydrogen) atoms. The minimum absolute atomic E-state index is 0.182. The van der Waals surface area contributed by atoms with Crippen LogP contribution in [0.25, 0.3) is 5.57 Å². The number of carbonyl (C=O) groups is 1. The zero-order chi connectivity index (χ0) is 14.2. The smallest absolute Gasteiger partial charge is 0.228 e. The Bertz CT molecular complexity index is 734. The van der Waals surface area contributed by atoms with Crippen LogP contribution in [0.15, 0.2) is 60.3 Å². The first-order chi connectivity index (χ1) is 10.3. The van der Waals surface area contributed by atoms with E-state index >= 15 is 0 Å². The molecule has 4 rings (SSSR count). The van der Waals surface area contributed by atoms with Crippen molar-refractivity contribution in [1.29, 1.82) is 0 Å². The lowest BCUT2D eigenvalue weighted by Gasteiger charge is -2.37. The highest BCUT2D eigenvalue weighted by Crippen LogP contribution is 2.39. The topological polar surface area (TPSA) is 29.5 Å². The van der Waals surface area contributed by atoms with Gasteiger partial charge in [0.2, 0.25) is 5.91 Å². The highest BCUT2D eigenvalue weighted by Gasteiger charge is 2.33. The maximum absolute atomic E-state index is 11.9. The molecule has 2 aliphatic rings. The predicted molar refractivity (Wildman–Crippen MR) is 80.7 cm³/mol. The molecule has 2 aliphatic heterocycles. The molecular weight excluding hydrogens is 262 g/mol. The number of ether oxygens (including phenoxy) is 1. The number of para-hydroxylation sites is 1. The summed E-state index contributed by atoms with van der Waals surface area (Å²) in [4.78, 5) is 13.7. The van der Waals surface area contributed by atoms with Gasteiger partial charge in [0.25, 0.3) is 0 Å². The second kappa shape index (κ2) is 4.77. The van der Waals surface area contributed by atoms with Gasteiger partial charge in [0.15, 0.2) is 0 Å². The molecule has 3 nitrogen and oxygen atoms in total. The quantitative estimate of drug-likeness (QED) is 0.790. The number of rotatable bonds is 2. The van der Waals surface area contributed by atoms with Gasteiger partial charge in [-0.15, -0.1) is 0 Å². The van der Waals surface area contributed by atoms with Crippen LogP contribution in [0, 0.1) is 0 Å². The Hall–Kier alpha value is -2.55. The predicted octanol–water partition coefficient (Wildman–Crippen LogP) is 3.07. The van der Waals surface area contributed by atoms with Gasteiger partial charge >= 0.3 is 0 Å². The van der Waals surface area contributed by atoms with E-state index < -0.39 is 0 Å². The summed E-state index contributed by atoms with van der Waals surface area (Å²) >= 11 is 0. The van der Waals surface area contributed by atoms with Crippen molar-refractivity contribution in [3.8, 4) is 5.75 Å². The van der Waals surface area contributed by atoms with E-state index in [9.17, 15) is 4.79 Å². The number of nitrogens with zero attached hydrogens (tertiary/aromatic N) is 1. The molecule has 0 aliphatic carbocycles. The minimum Gasteiger partial charge on any atom is -0.487 e. The van der Waals surface area contributed by atoms with Crippen molar-refractivity contribution in [1.82, 2.24) is 4.90 Å². The molecule has 2 aromatic carbocycles. The molecule has 2 heterocycles. The Labute approximate surface area is 123 Å². The normalized spacial score (nSPS) is 17.1. The van der Waals surface area contributed by atoms with E-state index in [0.717, 1.165) is 34.7 Å². The van der Waals surface area contributed by atoms with Gasteiger partial charge in [-0.25, -0.2) is 0 Å². The molecule has 1 fully saturated rings. The molecule has 0 spiro atoms. The van der Waals surface area contributed by atoms with Crippen LogP contribution in [0.3, 0.4) is 0 Å². The molecule has 1 amide bonds. The molecule has 0 N–H and O–H groups in total. The van der Waals surface area contributed by atoms with Crippen molar-refractivity contribution in [2.45, 2.75) is 6.42 Å². The summed E-state index contributed by atoms with van der Waals surface area (Å²) in [5, 5.41) is 0. The first-order valence-electron chi connectivity index (χ1n) is 7.16. The van der Waals surface area contributed by atoms with E-state index in [4.69, 9.17) is 4.74 Å². The van der Waals surface area contributed by atoms with E-state index in [0.29, 0.717) is 13.0 Å². The summed E-state index contributed by atoms with van der Waals surface area (Å²) in [7, 11) is 0. The van der Waals surface area contributed by atoms with Crippen molar-refractivity contribution in [2.75, 3.05) is 13.2 Å². The van der Waals surface area contributed by atoms with Gasteiger partial charge in [0.1, 0.15) is 12.4 Å². The lowest BCUT2D eigenvalue weighted by atomic mass is 9.92. The summed E-state index contributed by atoms with van der Waals surface area (Å²) in [6.07, 6.45) is 0.632. The van der Waals surface area contributed by atoms with E-state index in [1.165, 1.54) is 0 Å². The molecule has 0 radical (unpaired) electrons. The lowest BCUT2D eigenvalue weighted by Crippen LogP contribution is -2.45. The molecule has 0 aromatic heterocycles. The van der Waals surface area contributed by atoms with Crippen LogP contribution in [0.2, 0.25) is 0 Å². The fraction of sp³-hybridized carbons (Fsp3) is 0.167. The number of β-lactam (4-membered cyclic amide) rings is 1.